The fraction of sp³-hybridized carbons (Fsp3) is 1.00. The zero-order valence-corrected chi connectivity index (χ0v) is 12.6. The summed E-state index contributed by atoms with van der Waals surface area (Å²) >= 11 is 0. The fourth-order valence-electron chi connectivity index (χ4n) is 1.30. The third-order valence-corrected chi connectivity index (χ3v) is 9.21. The average Bonchev–Trinajstić information content (AvgIpc) is 2.03. The summed E-state index contributed by atoms with van der Waals surface area (Å²) < 4.78 is 6.39. The molecule has 0 spiro atoms. The summed E-state index contributed by atoms with van der Waals surface area (Å²) in [6.07, 6.45) is 1.17. The third kappa shape index (κ3) is 3.96. The molecule has 0 bridgehead atoms. The standard InChI is InChI=1S/C10H26OSi2/c1-8-10(3,12(4)5)11-13(6,7)9-2/h12H,8-9H2,1-7H3/t10-/m0/s1. The molecule has 0 fully saturated rings. The van der Waals surface area contributed by atoms with Crippen LogP contribution in [0.3, 0.4) is 0 Å². The van der Waals surface area contributed by atoms with Crippen molar-refractivity contribution in [2.24, 2.45) is 0 Å². The molecule has 0 aromatic rings. The Kier molecular flexibility index (Phi) is 4.90. The van der Waals surface area contributed by atoms with Crippen molar-refractivity contribution in [2.75, 3.05) is 0 Å². The lowest BCUT2D eigenvalue weighted by Gasteiger charge is -2.39. The molecule has 0 saturated carbocycles. The Morgan fingerprint density at radius 3 is 1.92 bits per heavy atom. The van der Waals surface area contributed by atoms with Crippen LogP contribution in [0.15, 0.2) is 0 Å². The highest BCUT2D eigenvalue weighted by atomic mass is 28.4. The van der Waals surface area contributed by atoms with Crippen molar-refractivity contribution in [2.45, 2.75) is 64.6 Å². The molecule has 0 N–H and O–H groups in total. The van der Waals surface area contributed by atoms with Gasteiger partial charge in [0.2, 0.25) is 0 Å². The molecule has 80 valence electrons. The van der Waals surface area contributed by atoms with E-state index in [0.717, 1.165) is 0 Å². The van der Waals surface area contributed by atoms with E-state index in [-0.39, 0.29) is 5.22 Å². The highest BCUT2D eigenvalue weighted by Gasteiger charge is 2.34. The highest BCUT2D eigenvalue weighted by Crippen LogP contribution is 2.26. The minimum absolute atomic E-state index is 0.228. The second-order valence-corrected chi connectivity index (χ2v) is 13.0. The van der Waals surface area contributed by atoms with E-state index in [4.69, 9.17) is 4.43 Å². The van der Waals surface area contributed by atoms with Gasteiger partial charge in [-0.1, -0.05) is 26.9 Å². The quantitative estimate of drug-likeness (QED) is 0.643. The summed E-state index contributed by atoms with van der Waals surface area (Å²) in [6, 6.07) is 1.23. The second kappa shape index (κ2) is 4.76. The van der Waals surface area contributed by atoms with Gasteiger partial charge in [0.15, 0.2) is 8.32 Å². The predicted molar refractivity (Wildman–Crippen MR) is 66.6 cm³/mol. The molecule has 0 aliphatic carbocycles. The van der Waals surface area contributed by atoms with Crippen LogP contribution in [0.25, 0.3) is 0 Å². The monoisotopic (exact) mass is 218 g/mol. The van der Waals surface area contributed by atoms with E-state index in [0.29, 0.717) is 0 Å². The summed E-state index contributed by atoms with van der Waals surface area (Å²) in [7, 11) is -2.06. The van der Waals surface area contributed by atoms with E-state index in [9.17, 15) is 0 Å². The Balaban J connectivity index is 4.44. The van der Waals surface area contributed by atoms with Crippen LogP contribution in [0.4, 0.5) is 0 Å². The Morgan fingerprint density at radius 2 is 1.69 bits per heavy atom. The topological polar surface area (TPSA) is 9.23 Å². The molecule has 0 heterocycles. The predicted octanol–water partition coefficient (Wildman–Crippen LogP) is 3.42. The van der Waals surface area contributed by atoms with Crippen LogP contribution in [0.2, 0.25) is 32.2 Å². The van der Waals surface area contributed by atoms with Crippen LogP contribution < -0.4 is 0 Å². The minimum Gasteiger partial charge on any atom is -0.415 e. The van der Waals surface area contributed by atoms with Crippen molar-refractivity contribution in [1.82, 2.24) is 0 Å². The Morgan fingerprint density at radius 1 is 1.23 bits per heavy atom. The number of rotatable bonds is 5. The first-order valence-electron chi connectivity index (χ1n) is 5.47. The average molecular weight is 218 g/mol. The van der Waals surface area contributed by atoms with Crippen molar-refractivity contribution in [3.8, 4) is 0 Å². The van der Waals surface area contributed by atoms with Gasteiger partial charge in [-0.05, 0) is 32.5 Å². The van der Waals surface area contributed by atoms with Crippen LogP contribution in [-0.4, -0.2) is 22.3 Å². The lowest BCUT2D eigenvalue weighted by Crippen LogP contribution is -2.49. The van der Waals surface area contributed by atoms with Crippen LogP contribution in [-0.2, 0) is 4.43 Å². The molecule has 0 aliphatic rings. The highest BCUT2D eigenvalue weighted by molar-refractivity contribution is 6.72. The van der Waals surface area contributed by atoms with E-state index in [1.54, 1.807) is 0 Å². The largest absolute Gasteiger partial charge is 0.415 e. The summed E-state index contributed by atoms with van der Waals surface area (Å²) in [5.74, 6) is 0. The van der Waals surface area contributed by atoms with Crippen molar-refractivity contribution in [1.29, 1.82) is 0 Å². The minimum atomic E-state index is -1.36. The smallest absolute Gasteiger partial charge is 0.186 e. The van der Waals surface area contributed by atoms with Gasteiger partial charge in [0.25, 0.3) is 0 Å². The third-order valence-electron chi connectivity index (χ3n) is 3.28. The van der Waals surface area contributed by atoms with Gasteiger partial charge in [-0.25, -0.2) is 0 Å². The maximum atomic E-state index is 6.39. The van der Waals surface area contributed by atoms with Gasteiger partial charge in [0.05, 0.1) is 8.80 Å². The van der Waals surface area contributed by atoms with Gasteiger partial charge in [-0.3, -0.25) is 0 Å². The lowest BCUT2D eigenvalue weighted by molar-refractivity contribution is 0.154. The number of hydrogen-bond acceptors (Lipinski definition) is 1. The summed E-state index contributed by atoms with van der Waals surface area (Å²) in [5, 5.41) is 0.228. The van der Waals surface area contributed by atoms with Crippen LogP contribution >= 0.6 is 0 Å². The van der Waals surface area contributed by atoms with Crippen LogP contribution in [0.1, 0.15) is 27.2 Å². The lowest BCUT2D eigenvalue weighted by atomic mass is 10.3. The Labute approximate surface area is 86.6 Å². The van der Waals surface area contributed by atoms with Gasteiger partial charge in [0.1, 0.15) is 0 Å². The first-order valence-corrected chi connectivity index (χ1v) is 11.5. The first-order chi connectivity index (χ1) is 5.77. The maximum Gasteiger partial charge on any atom is 0.186 e. The molecular weight excluding hydrogens is 192 g/mol. The van der Waals surface area contributed by atoms with Crippen LogP contribution in [0.5, 0.6) is 0 Å². The van der Waals surface area contributed by atoms with Gasteiger partial charge >= 0.3 is 0 Å². The summed E-state index contributed by atoms with van der Waals surface area (Å²) in [4.78, 5) is 0. The molecule has 0 radical (unpaired) electrons. The molecule has 0 amide bonds. The second-order valence-electron chi connectivity index (χ2n) is 5.04. The number of hydrogen-bond donors (Lipinski definition) is 0. The summed E-state index contributed by atoms with van der Waals surface area (Å²) in [5.41, 5.74) is 0. The van der Waals surface area contributed by atoms with E-state index in [2.05, 4.69) is 47.0 Å². The van der Waals surface area contributed by atoms with E-state index >= 15 is 0 Å². The molecule has 0 aromatic carbocycles. The van der Waals surface area contributed by atoms with Crippen molar-refractivity contribution in [3.05, 3.63) is 0 Å². The van der Waals surface area contributed by atoms with Crippen molar-refractivity contribution < 1.29 is 4.43 Å². The van der Waals surface area contributed by atoms with E-state index < -0.39 is 17.1 Å². The van der Waals surface area contributed by atoms with Gasteiger partial charge in [-0.2, -0.15) is 0 Å². The summed E-state index contributed by atoms with van der Waals surface area (Å²) in [6.45, 7) is 16.3. The molecular formula is C10H26OSi2. The normalized spacial score (nSPS) is 17.5. The van der Waals surface area contributed by atoms with Crippen molar-refractivity contribution in [3.63, 3.8) is 0 Å². The Hall–Kier alpha value is 0.394. The van der Waals surface area contributed by atoms with Crippen LogP contribution in [0, 0.1) is 0 Å². The van der Waals surface area contributed by atoms with Gasteiger partial charge in [-0.15, -0.1) is 0 Å². The molecule has 0 aromatic heterocycles. The molecule has 0 rings (SSSR count). The van der Waals surface area contributed by atoms with Gasteiger partial charge < -0.3 is 4.43 Å². The molecule has 0 saturated heterocycles. The molecule has 1 nitrogen and oxygen atoms in total. The molecule has 0 aliphatic heterocycles. The zero-order valence-electron chi connectivity index (χ0n) is 10.4. The SMILES string of the molecule is CC[C@@](C)(O[Si](C)(C)CC)[SiH](C)C. The molecule has 13 heavy (non-hydrogen) atoms. The molecule has 0 unspecified atom stereocenters. The first kappa shape index (κ1) is 13.4. The van der Waals surface area contributed by atoms with E-state index in [1.165, 1.54) is 12.5 Å². The molecule has 1 atom stereocenters. The Bertz CT molecular complexity index is 157. The molecule has 3 heteroatoms. The van der Waals surface area contributed by atoms with Gasteiger partial charge in [0, 0.05) is 5.22 Å². The van der Waals surface area contributed by atoms with E-state index in [1.807, 2.05) is 0 Å². The maximum absolute atomic E-state index is 6.39. The zero-order chi connectivity index (χ0) is 10.7. The fourth-order valence-corrected chi connectivity index (χ4v) is 5.57. The van der Waals surface area contributed by atoms with Crippen molar-refractivity contribution >= 4 is 17.1 Å².